The van der Waals surface area contributed by atoms with Crippen LogP contribution in [0.3, 0.4) is 0 Å². The van der Waals surface area contributed by atoms with Gasteiger partial charge in [-0.05, 0) is 67.6 Å². The van der Waals surface area contributed by atoms with Crippen LogP contribution in [0.15, 0.2) is 24.3 Å². The monoisotopic (exact) mass is 563 g/mol. The summed E-state index contributed by atoms with van der Waals surface area (Å²) in [5.41, 5.74) is 0.947. The number of ketones is 1. The van der Waals surface area contributed by atoms with Crippen LogP contribution in [-0.2, 0) is 19.2 Å². The molecule has 11 heteroatoms. The number of benzene rings is 1. The molecule has 5 atom stereocenters. The Morgan fingerprint density at radius 1 is 1.17 bits per heavy atom. The Balaban J connectivity index is 1.25. The molecule has 4 N–H and O–H groups in total. The lowest BCUT2D eigenvalue weighted by Crippen LogP contribution is -2.56. The zero-order valence-electron chi connectivity index (χ0n) is 23.6. The summed E-state index contributed by atoms with van der Waals surface area (Å²) in [4.78, 5) is 71.1. The minimum atomic E-state index is -1.16. The van der Waals surface area contributed by atoms with Crippen molar-refractivity contribution in [2.75, 3.05) is 20.2 Å². The third-order valence-corrected chi connectivity index (χ3v) is 9.50. The second-order valence-electron chi connectivity index (χ2n) is 12.5. The van der Waals surface area contributed by atoms with Crippen molar-refractivity contribution in [1.82, 2.24) is 25.8 Å². The van der Waals surface area contributed by atoms with Crippen LogP contribution in [0.4, 0.5) is 0 Å². The van der Waals surface area contributed by atoms with E-state index in [1.54, 1.807) is 18.1 Å². The number of ether oxygens (including phenoxy) is 1. The molecule has 0 spiro atoms. The van der Waals surface area contributed by atoms with E-state index < -0.39 is 35.6 Å². The van der Waals surface area contributed by atoms with Gasteiger partial charge in [-0.15, -0.1) is 0 Å². The Morgan fingerprint density at radius 2 is 1.95 bits per heavy atom. The predicted octanol–water partition coefficient (Wildman–Crippen LogP) is 1.52. The number of likely N-dealkylation sites (tertiary alicyclic amines) is 1. The number of hydrogen-bond donors (Lipinski definition) is 4. The van der Waals surface area contributed by atoms with E-state index in [0.29, 0.717) is 31.0 Å². The SMILES string of the molecule is COc1cccc2[nH]c(C(=O)N3C[C@H]4[C@@H]([C@H]3C(=O)N[C@@H](C[C@@H]3CCCNC3=O)C(=O)C(=O)NC3CC3)C4(C)C)cc12. The molecule has 2 saturated heterocycles. The van der Waals surface area contributed by atoms with Crippen LogP contribution in [0.5, 0.6) is 5.75 Å². The normalized spacial score (nSPS) is 27.0. The first kappa shape index (κ1) is 27.3. The number of rotatable bonds is 9. The highest BCUT2D eigenvalue weighted by Gasteiger charge is 2.69. The van der Waals surface area contributed by atoms with Crippen LogP contribution in [0.2, 0.25) is 0 Å². The van der Waals surface area contributed by atoms with Gasteiger partial charge in [0.1, 0.15) is 17.5 Å². The number of nitrogens with one attached hydrogen (secondary N) is 4. The summed E-state index contributed by atoms with van der Waals surface area (Å²) in [6.07, 6.45) is 3.01. The average Bonchev–Trinajstić information content (AvgIpc) is 3.70. The highest BCUT2D eigenvalue weighted by Crippen LogP contribution is 2.65. The van der Waals surface area contributed by atoms with Crippen LogP contribution in [0, 0.1) is 23.2 Å². The largest absolute Gasteiger partial charge is 0.496 e. The molecular formula is C30H37N5O6. The molecular weight excluding hydrogens is 526 g/mol. The maximum Gasteiger partial charge on any atom is 0.289 e. The van der Waals surface area contributed by atoms with Crippen molar-refractivity contribution in [1.29, 1.82) is 0 Å². The molecule has 6 rings (SSSR count). The second kappa shape index (κ2) is 10.2. The van der Waals surface area contributed by atoms with Gasteiger partial charge in [-0.2, -0.15) is 0 Å². The van der Waals surface area contributed by atoms with Gasteiger partial charge in [0.15, 0.2) is 0 Å². The van der Waals surface area contributed by atoms with Crippen molar-refractivity contribution < 1.29 is 28.7 Å². The first-order valence-electron chi connectivity index (χ1n) is 14.5. The predicted molar refractivity (Wildman–Crippen MR) is 149 cm³/mol. The molecule has 1 aromatic carbocycles. The van der Waals surface area contributed by atoms with Gasteiger partial charge in [0.05, 0.1) is 13.2 Å². The summed E-state index contributed by atoms with van der Waals surface area (Å²) in [5, 5.41) is 9.11. The van der Waals surface area contributed by atoms with Crippen molar-refractivity contribution in [3.05, 3.63) is 30.0 Å². The van der Waals surface area contributed by atoms with E-state index in [9.17, 15) is 24.0 Å². The molecule has 0 bridgehead atoms. The number of carbonyl (C=O) groups is 5. The number of H-pyrrole nitrogens is 1. The van der Waals surface area contributed by atoms with E-state index in [0.717, 1.165) is 30.2 Å². The fourth-order valence-corrected chi connectivity index (χ4v) is 6.85. The Bertz CT molecular complexity index is 1430. The zero-order valence-corrected chi connectivity index (χ0v) is 23.6. The van der Waals surface area contributed by atoms with E-state index in [2.05, 4.69) is 34.8 Å². The number of hydrogen-bond acceptors (Lipinski definition) is 6. The maximum atomic E-state index is 14.0. The Labute approximate surface area is 238 Å². The molecule has 0 unspecified atom stereocenters. The van der Waals surface area contributed by atoms with E-state index in [1.165, 1.54) is 0 Å². The minimum absolute atomic E-state index is 0.0216. The smallest absolute Gasteiger partial charge is 0.289 e. The molecule has 1 aromatic heterocycles. The number of carbonyl (C=O) groups excluding carboxylic acids is 5. The number of Topliss-reactive ketones (excluding diaryl/α,β-unsaturated/α-hetero) is 1. The summed E-state index contributed by atoms with van der Waals surface area (Å²) >= 11 is 0. The van der Waals surface area contributed by atoms with Gasteiger partial charge in [-0.3, -0.25) is 24.0 Å². The molecule has 41 heavy (non-hydrogen) atoms. The van der Waals surface area contributed by atoms with Crippen molar-refractivity contribution in [3.8, 4) is 5.75 Å². The molecule has 0 radical (unpaired) electrons. The van der Waals surface area contributed by atoms with Crippen molar-refractivity contribution in [3.63, 3.8) is 0 Å². The Kier molecular flexibility index (Phi) is 6.78. The molecule has 4 aliphatic rings. The van der Waals surface area contributed by atoms with Gasteiger partial charge in [0.25, 0.3) is 11.8 Å². The molecule has 2 aliphatic heterocycles. The first-order chi connectivity index (χ1) is 19.6. The lowest BCUT2D eigenvalue weighted by atomic mass is 9.89. The number of nitrogens with zero attached hydrogens (tertiary/aromatic N) is 1. The van der Waals surface area contributed by atoms with E-state index in [-0.39, 0.29) is 41.5 Å². The quantitative estimate of drug-likeness (QED) is 0.340. The van der Waals surface area contributed by atoms with Gasteiger partial charge < -0.3 is 30.6 Å². The standard InChI is InChI=1S/C30H37N5O6/c1-30(2)18-14-35(29(40)21-13-17-19(33-21)7-4-8-22(17)41-3)24(23(18)30)27(38)34-20(12-15-6-5-11-31-26(15)37)25(36)28(39)32-16-9-10-16/h4,7-8,13,15-16,18,20,23-24,33H,5-6,9-12,14H2,1-3H3,(H,31,37)(H,32,39)(H,34,38)/t15-,18-,20-,23-,24-/m0/s1. The van der Waals surface area contributed by atoms with Crippen LogP contribution in [-0.4, -0.2) is 77.6 Å². The number of piperidine rings is 2. The molecule has 2 saturated carbocycles. The molecule has 11 nitrogen and oxygen atoms in total. The summed E-state index contributed by atoms with van der Waals surface area (Å²) in [7, 11) is 1.57. The number of aromatic nitrogens is 1. The number of fused-ring (bicyclic) bond motifs is 2. The van der Waals surface area contributed by atoms with Gasteiger partial charge in [-0.25, -0.2) is 0 Å². The van der Waals surface area contributed by atoms with Crippen LogP contribution < -0.4 is 20.7 Å². The molecule has 4 fully saturated rings. The zero-order chi connectivity index (χ0) is 29.1. The first-order valence-corrected chi connectivity index (χ1v) is 14.5. The fourth-order valence-electron chi connectivity index (χ4n) is 6.85. The van der Waals surface area contributed by atoms with Crippen molar-refractivity contribution in [2.45, 2.75) is 64.1 Å². The average molecular weight is 564 g/mol. The lowest BCUT2D eigenvalue weighted by Gasteiger charge is -2.32. The van der Waals surface area contributed by atoms with Gasteiger partial charge >= 0.3 is 0 Å². The molecule has 218 valence electrons. The Morgan fingerprint density at radius 3 is 2.66 bits per heavy atom. The number of aromatic amines is 1. The summed E-state index contributed by atoms with van der Waals surface area (Å²) in [6, 6.07) is 5.25. The fraction of sp³-hybridized carbons (Fsp3) is 0.567. The molecule has 3 heterocycles. The van der Waals surface area contributed by atoms with Gasteiger partial charge in [0.2, 0.25) is 17.6 Å². The summed E-state index contributed by atoms with van der Waals surface area (Å²) in [6.45, 7) is 5.14. The molecule has 2 aromatic rings. The van der Waals surface area contributed by atoms with Crippen LogP contribution in [0.1, 0.15) is 56.4 Å². The van der Waals surface area contributed by atoms with Crippen molar-refractivity contribution >= 4 is 40.3 Å². The van der Waals surface area contributed by atoms with E-state index in [1.807, 2.05) is 18.2 Å². The summed E-state index contributed by atoms with van der Waals surface area (Å²) < 4.78 is 5.44. The minimum Gasteiger partial charge on any atom is -0.496 e. The van der Waals surface area contributed by atoms with Gasteiger partial charge in [0, 0.05) is 36.0 Å². The van der Waals surface area contributed by atoms with Crippen molar-refractivity contribution in [2.24, 2.45) is 23.2 Å². The highest BCUT2D eigenvalue weighted by atomic mass is 16.5. The third kappa shape index (κ3) is 4.95. The van der Waals surface area contributed by atoms with E-state index in [4.69, 9.17) is 4.74 Å². The molecule has 2 aliphatic carbocycles. The van der Waals surface area contributed by atoms with Crippen LogP contribution in [0.25, 0.3) is 10.9 Å². The van der Waals surface area contributed by atoms with Crippen LogP contribution >= 0.6 is 0 Å². The number of methoxy groups -OCH3 is 1. The maximum absolute atomic E-state index is 14.0. The summed E-state index contributed by atoms with van der Waals surface area (Å²) in [5.74, 6) is -2.27. The van der Waals surface area contributed by atoms with Gasteiger partial charge in [-0.1, -0.05) is 19.9 Å². The molecule has 4 amide bonds. The highest BCUT2D eigenvalue weighted by molar-refractivity contribution is 6.38. The lowest BCUT2D eigenvalue weighted by molar-refractivity contribution is -0.141. The van der Waals surface area contributed by atoms with E-state index >= 15 is 0 Å². The third-order valence-electron chi connectivity index (χ3n) is 9.50. The Hall–Kier alpha value is -3.89. The topological polar surface area (TPSA) is 150 Å². The number of amides is 4. The second-order valence-corrected chi connectivity index (χ2v) is 12.5.